The first-order valence-corrected chi connectivity index (χ1v) is 3.88. The third-order valence-corrected chi connectivity index (χ3v) is 0. The van der Waals surface area contributed by atoms with Crippen LogP contribution in [0.1, 0.15) is 34.6 Å². The molecule has 0 aliphatic carbocycles. The van der Waals surface area contributed by atoms with Gasteiger partial charge in [0.15, 0.2) is 0 Å². The molecule has 0 aliphatic heterocycles. The van der Waals surface area contributed by atoms with Crippen molar-refractivity contribution in [3.8, 4) is 0 Å². The van der Waals surface area contributed by atoms with E-state index in [-0.39, 0.29) is 18.2 Å². The highest BCUT2D eigenvalue weighted by molar-refractivity contribution is 5.72. The maximum absolute atomic E-state index is 9.44. The SMILES string of the molecule is CC(C)=O.CC(C)=O.CCO.CO. The van der Waals surface area contributed by atoms with E-state index in [1.807, 2.05) is 0 Å². The maximum atomic E-state index is 9.44. The average Bonchev–Trinajstić information content (AvgIpc) is 1.89. The lowest BCUT2D eigenvalue weighted by molar-refractivity contribution is -0.115. The molecule has 0 bridgehead atoms. The van der Waals surface area contributed by atoms with E-state index in [0.717, 1.165) is 7.11 Å². The van der Waals surface area contributed by atoms with Gasteiger partial charge in [-0.3, -0.25) is 0 Å². The van der Waals surface area contributed by atoms with Crippen molar-refractivity contribution in [2.75, 3.05) is 13.7 Å². The number of aliphatic hydroxyl groups is 2. The van der Waals surface area contributed by atoms with Crippen LogP contribution >= 0.6 is 0 Å². The molecule has 0 amide bonds. The van der Waals surface area contributed by atoms with Crippen molar-refractivity contribution in [1.82, 2.24) is 0 Å². The molecule has 0 atom stereocenters. The van der Waals surface area contributed by atoms with Gasteiger partial charge in [-0.2, -0.15) is 0 Å². The van der Waals surface area contributed by atoms with Gasteiger partial charge in [-0.25, -0.2) is 0 Å². The van der Waals surface area contributed by atoms with Gasteiger partial charge in [0.25, 0.3) is 0 Å². The van der Waals surface area contributed by atoms with Crippen molar-refractivity contribution >= 4 is 11.6 Å². The van der Waals surface area contributed by atoms with E-state index in [2.05, 4.69) is 0 Å². The minimum Gasteiger partial charge on any atom is -0.400 e. The van der Waals surface area contributed by atoms with Crippen molar-refractivity contribution in [1.29, 1.82) is 0 Å². The van der Waals surface area contributed by atoms with Crippen LogP contribution in [0.3, 0.4) is 0 Å². The number of aliphatic hydroxyl groups excluding tert-OH is 2. The highest BCUT2D eigenvalue weighted by atomic mass is 16.2. The van der Waals surface area contributed by atoms with E-state index in [1.165, 1.54) is 27.7 Å². The topological polar surface area (TPSA) is 74.6 Å². The van der Waals surface area contributed by atoms with Crippen LogP contribution in [0.4, 0.5) is 0 Å². The Morgan fingerprint density at radius 1 is 0.923 bits per heavy atom. The lowest BCUT2D eigenvalue weighted by Crippen LogP contribution is -1.69. The Morgan fingerprint density at radius 2 is 0.923 bits per heavy atom. The van der Waals surface area contributed by atoms with Crippen molar-refractivity contribution in [3.05, 3.63) is 0 Å². The predicted octanol–water partition coefficient (Wildman–Crippen LogP) is 0.798. The summed E-state index contributed by atoms with van der Waals surface area (Å²) in [6.45, 7) is 8.04. The van der Waals surface area contributed by atoms with Gasteiger partial charge in [0.1, 0.15) is 11.6 Å². The Bertz CT molecular complexity index is 79.8. The first-order valence-electron chi connectivity index (χ1n) is 3.88. The molecule has 0 spiro atoms. The molecule has 0 saturated heterocycles. The van der Waals surface area contributed by atoms with E-state index in [0.29, 0.717) is 0 Å². The zero-order chi connectivity index (χ0) is 11.9. The zero-order valence-electron chi connectivity index (χ0n) is 9.42. The Kier molecular flexibility index (Phi) is 53.0. The number of carbonyl (C=O) groups excluding carboxylic acids is 2. The van der Waals surface area contributed by atoms with Crippen LogP contribution in [0.5, 0.6) is 0 Å². The quantitative estimate of drug-likeness (QED) is 0.598. The molecule has 0 unspecified atom stereocenters. The number of ketones is 2. The van der Waals surface area contributed by atoms with Crippen molar-refractivity contribution < 1.29 is 19.8 Å². The van der Waals surface area contributed by atoms with Crippen LogP contribution < -0.4 is 0 Å². The molecule has 0 aliphatic rings. The average molecular weight is 194 g/mol. The summed E-state index contributed by atoms with van der Waals surface area (Å²) in [7, 11) is 1.00. The highest BCUT2D eigenvalue weighted by Crippen LogP contribution is 1.50. The second-order valence-electron chi connectivity index (χ2n) is 2.13. The molecule has 4 heteroatoms. The number of carbonyl (C=O) groups is 2. The monoisotopic (exact) mass is 194 g/mol. The van der Waals surface area contributed by atoms with Crippen LogP contribution in [0.25, 0.3) is 0 Å². The first-order chi connectivity index (χ1) is 5.88. The molecule has 82 valence electrons. The summed E-state index contributed by atoms with van der Waals surface area (Å²) >= 11 is 0. The fourth-order valence-electron chi connectivity index (χ4n) is 0. The van der Waals surface area contributed by atoms with Gasteiger partial charge < -0.3 is 19.8 Å². The molecule has 4 nitrogen and oxygen atoms in total. The second kappa shape index (κ2) is 30.2. The Hall–Kier alpha value is -0.740. The summed E-state index contributed by atoms with van der Waals surface area (Å²) in [6, 6.07) is 0. The molecular weight excluding hydrogens is 172 g/mol. The van der Waals surface area contributed by atoms with Gasteiger partial charge in [-0.15, -0.1) is 0 Å². The van der Waals surface area contributed by atoms with E-state index in [9.17, 15) is 9.59 Å². The summed E-state index contributed by atoms with van der Waals surface area (Å²) in [5.74, 6) is 0.333. The molecule has 0 fully saturated rings. The Labute approximate surface area is 80.6 Å². The largest absolute Gasteiger partial charge is 0.400 e. The van der Waals surface area contributed by atoms with Crippen LogP contribution in [0.2, 0.25) is 0 Å². The zero-order valence-corrected chi connectivity index (χ0v) is 9.42. The normalized spacial score (nSPS) is 5.85. The molecule has 0 aromatic carbocycles. The Morgan fingerprint density at radius 3 is 0.923 bits per heavy atom. The lowest BCUT2D eigenvalue weighted by Gasteiger charge is -1.56. The minimum atomic E-state index is 0.167. The van der Waals surface area contributed by atoms with Gasteiger partial charge in [-0.1, -0.05) is 0 Å². The number of rotatable bonds is 0. The lowest BCUT2D eigenvalue weighted by atomic mass is 10.6. The standard InChI is InChI=1S/2C3H6O.C2H6O.CH4O/c2*1-3(2)4;1-2-3;1-2/h2*1-2H3;3H,2H2,1H3;2H,1H3. The van der Waals surface area contributed by atoms with Crippen LogP contribution in [-0.4, -0.2) is 35.5 Å². The summed E-state index contributed by atoms with van der Waals surface area (Å²) in [4.78, 5) is 18.9. The second-order valence-corrected chi connectivity index (χ2v) is 2.13. The van der Waals surface area contributed by atoms with E-state index < -0.39 is 0 Å². The Balaban J connectivity index is -0.0000000431. The third-order valence-electron chi connectivity index (χ3n) is 0. The molecule has 13 heavy (non-hydrogen) atoms. The summed E-state index contributed by atoms with van der Waals surface area (Å²) in [5.41, 5.74) is 0. The first kappa shape index (κ1) is 22.8. The predicted molar refractivity (Wildman–Crippen MR) is 53.6 cm³/mol. The molecule has 0 heterocycles. The molecule has 0 aromatic rings. The van der Waals surface area contributed by atoms with Gasteiger partial charge in [0.05, 0.1) is 0 Å². The number of Topliss-reactive ketones (excluding diaryl/α,β-unsaturated/α-hetero) is 2. The van der Waals surface area contributed by atoms with E-state index in [1.54, 1.807) is 6.92 Å². The number of hydrogen-bond acceptors (Lipinski definition) is 4. The molecular formula is C9H22O4. The fraction of sp³-hybridized carbons (Fsp3) is 0.778. The maximum Gasteiger partial charge on any atom is 0.126 e. The molecule has 0 saturated carbocycles. The minimum absolute atomic E-state index is 0.167. The summed E-state index contributed by atoms with van der Waals surface area (Å²) in [5, 5.41) is 14.6. The molecule has 0 aromatic heterocycles. The van der Waals surface area contributed by atoms with E-state index >= 15 is 0 Å². The number of hydrogen-bond donors (Lipinski definition) is 2. The third kappa shape index (κ3) is 1760. The van der Waals surface area contributed by atoms with Crippen LogP contribution in [-0.2, 0) is 9.59 Å². The van der Waals surface area contributed by atoms with Crippen molar-refractivity contribution in [2.24, 2.45) is 0 Å². The van der Waals surface area contributed by atoms with Crippen LogP contribution in [0.15, 0.2) is 0 Å². The highest BCUT2D eigenvalue weighted by Gasteiger charge is 1.62. The van der Waals surface area contributed by atoms with Gasteiger partial charge in [0.2, 0.25) is 0 Å². The fourth-order valence-corrected chi connectivity index (χ4v) is 0. The molecule has 0 rings (SSSR count). The van der Waals surface area contributed by atoms with Crippen molar-refractivity contribution in [2.45, 2.75) is 34.6 Å². The molecule has 0 radical (unpaired) electrons. The molecule has 2 N–H and O–H groups in total. The van der Waals surface area contributed by atoms with Gasteiger partial charge in [-0.05, 0) is 34.6 Å². The smallest absolute Gasteiger partial charge is 0.126 e. The van der Waals surface area contributed by atoms with Crippen molar-refractivity contribution in [3.63, 3.8) is 0 Å². The summed E-state index contributed by atoms with van der Waals surface area (Å²) in [6.07, 6.45) is 0. The summed E-state index contributed by atoms with van der Waals surface area (Å²) < 4.78 is 0. The van der Waals surface area contributed by atoms with Gasteiger partial charge in [0, 0.05) is 13.7 Å². The van der Waals surface area contributed by atoms with Gasteiger partial charge >= 0.3 is 0 Å². The van der Waals surface area contributed by atoms with E-state index in [4.69, 9.17) is 10.2 Å². The van der Waals surface area contributed by atoms with Crippen LogP contribution in [0, 0.1) is 0 Å².